The second-order valence-corrected chi connectivity index (χ2v) is 8.55. The number of imide groups is 1. The summed E-state index contributed by atoms with van der Waals surface area (Å²) in [7, 11) is 0. The summed E-state index contributed by atoms with van der Waals surface area (Å²) < 4.78 is 19.0. The Morgan fingerprint density at radius 2 is 1.77 bits per heavy atom. The molecule has 0 radical (unpaired) electrons. The van der Waals surface area contributed by atoms with E-state index in [9.17, 15) is 14.0 Å². The highest BCUT2D eigenvalue weighted by molar-refractivity contribution is 8.18. The van der Waals surface area contributed by atoms with Crippen LogP contribution in [0.25, 0.3) is 17.4 Å². The SMILES string of the molecule is O=C1S/C(=C\c2ccc(-c3ccc(Cl)c(Cl)c3)o2)C(=O)N1Cc1ccc(F)cc1Cl. The van der Waals surface area contributed by atoms with E-state index in [0.29, 0.717) is 27.1 Å². The number of rotatable bonds is 4. The Morgan fingerprint density at radius 1 is 0.967 bits per heavy atom. The monoisotopic (exact) mass is 481 g/mol. The number of hydrogen-bond acceptors (Lipinski definition) is 4. The zero-order valence-electron chi connectivity index (χ0n) is 15.0. The van der Waals surface area contributed by atoms with Gasteiger partial charge < -0.3 is 4.42 Å². The van der Waals surface area contributed by atoms with Crippen molar-refractivity contribution >= 4 is 63.8 Å². The van der Waals surface area contributed by atoms with E-state index in [1.807, 2.05) is 0 Å². The first-order valence-electron chi connectivity index (χ1n) is 8.56. The van der Waals surface area contributed by atoms with Gasteiger partial charge in [-0.2, -0.15) is 0 Å². The van der Waals surface area contributed by atoms with Gasteiger partial charge in [0.2, 0.25) is 0 Å². The van der Waals surface area contributed by atoms with E-state index in [1.54, 1.807) is 30.3 Å². The molecule has 1 aliphatic rings. The summed E-state index contributed by atoms with van der Waals surface area (Å²) >= 11 is 18.8. The minimum atomic E-state index is -0.492. The molecule has 0 N–H and O–H groups in total. The molecule has 2 heterocycles. The molecule has 4 nitrogen and oxygen atoms in total. The van der Waals surface area contributed by atoms with Crippen LogP contribution in [-0.2, 0) is 11.3 Å². The van der Waals surface area contributed by atoms with E-state index in [1.165, 1.54) is 18.2 Å². The molecule has 1 aliphatic heterocycles. The van der Waals surface area contributed by atoms with Crippen molar-refractivity contribution in [3.8, 4) is 11.3 Å². The van der Waals surface area contributed by atoms with E-state index in [0.717, 1.165) is 28.3 Å². The zero-order chi connectivity index (χ0) is 21.4. The predicted octanol–water partition coefficient (Wildman–Crippen LogP) is 7.28. The van der Waals surface area contributed by atoms with Crippen LogP contribution in [0.1, 0.15) is 11.3 Å². The number of halogens is 4. The van der Waals surface area contributed by atoms with Gasteiger partial charge in [0.15, 0.2) is 0 Å². The minimum Gasteiger partial charge on any atom is -0.457 e. The number of benzene rings is 2. The highest BCUT2D eigenvalue weighted by atomic mass is 35.5. The summed E-state index contributed by atoms with van der Waals surface area (Å²) in [5.74, 6) is -0.0233. The lowest BCUT2D eigenvalue weighted by molar-refractivity contribution is -0.123. The van der Waals surface area contributed by atoms with Crippen molar-refractivity contribution in [3.63, 3.8) is 0 Å². The number of carbonyl (C=O) groups is 2. The Morgan fingerprint density at radius 3 is 2.50 bits per heavy atom. The largest absolute Gasteiger partial charge is 0.457 e. The minimum absolute atomic E-state index is 0.0478. The molecule has 2 aromatic carbocycles. The van der Waals surface area contributed by atoms with Crippen LogP contribution in [0.2, 0.25) is 15.1 Å². The fourth-order valence-electron chi connectivity index (χ4n) is 2.82. The van der Waals surface area contributed by atoms with E-state index < -0.39 is 17.0 Å². The molecule has 2 amide bonds. The smallest absolute Gasteiger partial charge is 0.293 e. The van der Waals surface area contributed by atoms with Crippen LogP contribution in [0.4, 0.5) is 9.18 Å². The average Bonchev–Trinajstić information content (AvgIpc) is 3.26. The first-order chi connectivity index (χ1) is 14.3. The molecular weight excluding hydrogens is 472 g/mol. The summed E-state index contributed by atoms with van der Waals surface area (Å²) in [6, 6.07) is 12.3. The highest BCUT2D eigenvalue weighted by Gasteiger charge is 2.35. The number of nitrogens with zero attached hydrogens (tertiary/aromatic N) is 1. The molecule has 1 fully saturated rings. The number of hydrogen-bond donors (Lipinski definition) is 0. The number of amides is 2. The van der Waals surface area contributed by atoms with Crippen LogP contribution in [0.3, 0.4) is 0 Å². The van der Waals surface area contributed by atoms with Gasteiger partial charge in [-0.3, -0.25) is 14.5 Å². The van der Waals surface area contributed by atoms with Crippen molar-refractivity contribution in [2.24, 2.45) is 0 Å². The third kappa shape index (κ3) is 4.27. The Hall–Kier alpha value is -2.25. The molecule has 1 saturated heterocycles. The lowest BCUT2D eigenvalue weighted by Gasteiger charge is -2.13. The van der Waals surface area contributed by atoms with Gasteiger partial charge in [0.25, 0.3) is 11.1 Å². The molecule has 0 spiro atoms. The molecule has 152 valence electrons. The van der Waals surface area contributed by atoms with Gasteiger partial charge in [0, 0.05) is 16.7 Å². The maximum Gasteiger partial charge on any atom is 0.293 e. The summed E-state index contributed by atoms with van der Waals surface area (Å²) in [5.41, 5.74) is 1.20. The van der Waals surface area contributed by atoms with Gasteiger partial charge in [-0.25, -0.2) is 4.39 Å². The second-order valence-electron chi connectivity index (χ2n) is 6.33. The maximum atomic E-state index is 13.2. The molecule has 0 bridgehead atoms. The third-order valence-electron chi connectivity index (χ3n) is 4.32. The molecular formula is C21H11Cl3FNO3S. The van der Waals surface area contributed by atoms with Crippen LogP contribution < -0.4 is 0 Å². The first kappa shape index (κ1) is 21.0. The van der Waals surface area contributed by atoms with Crippen molar-refractivity contribution in [2.45, 2.75) is 6.54 Å². The van der Waals surface area contributed by atoms with Crippen molar-refractivity contribution in [1.82, 2.24) is 4.90 Å². The van der Waals surface area contributed by atoms with Gasteiger partial charge in [0.1, 0.15) is 17.3 Å². The Labute approximate surface area is 190 Å². The lowest BCUT2D eigenvalue weighted by atomic mass is 10.2. The fourth-order valence-corrected chi connectivity index (χ4v) is 4.16. The Bertz CT molecular complexity index is 1210. The van der Waals surface area contributed by atoms with Crippen LogP contribution in [0, 0.1) is 5.82 Å². The maximum absolute atomic E-state index is 13.2. The van der Waals surface area contributed by atoms with Crippen molar-refractivity contribution in [3.05, 3.63) is 85.6 Å². The standard InChI is InChI=1S/C21H11Cl3FNO3S/c22-15-5-2-11(7-17(15)24)18-6-4-14(29-18)9-19-20(27)26(21(28)30-19)10-12-1-3-13(25)8-16(12)23/h1-9H,10H2/b19-9-. The van der Waals surface area contributed by atoms with E-state index >= 15 is 0 Å². The molecule has 3 aromatic rings. The molecule has 9 heteroatoms. The number of carbonyl (C=O) groups excluding carboxylic acids is 2. The Balaban J connectivity index is 1.55. The summed E-state index contributed by atoms with van der Waals surface area (Å²) in [6.07, 6.45) is 1.50. The summed E-state index contributed by atoms with van der Waals surface area (Å²) in [5, 5.41) is 0.535. The van der Waals surface area contributed by atoms with Crippen molar-refractivity contribution < 1.29 is 18.4 Å². The van der Waals surface area contributed by atoms with Crippen molar-refractivity contribution in [2.75, 3.05) is 0 Å². The molecule has 0 saturated carbocycles. The van der Waals surface area contributed by atoms with Crippen LogP contribution in [-0.4, -0.2) is 16.0 Å². The van der Waals surface area contributed by atoms with Crippen LogP contribution in [0.5, 0.6) is 0 Å². The predicted molar refractivity (Wildman–Crippen MR) is 117 cm³/mol. The third-order valence-corrected chi connectivity index (χ3v) is 6.32. The second kappa shape index (κ2) is 8.47. The first-order valence-corrected chi connectivity index (χ1v) is 10.5. The quantitative estimate of drug-likeness (QED) is 0.367. The van der Waals surface area contributed by atoms with Gasteiger partial charge in [-0.1, -0.05) is 40.9 Å². The van der Waals surface area contributed by atoms with Crippen molar-refractivity contribution in [1.29, 1.82) is 0 Å². The van der Waals surface area contributed by atoms with Gasteiger partial charge >= 0.3 is 0 Å². The molecule has 30 heavy (non-hydrogen) atoms. The summed E-state index contributed by atoms with van der Waals surface area (Å²) in [4.78, 5) is 26.3. The van der Waals surface area contributed by atoms with Gasteiger partial charge in [0.05, 0.1) is 21.5 Å². The highest BCUT2D eigenvalue weighted by Crippen LogP contribution is 2.35. The normalized spacial score (nSPS) is 15.5. The molecule has 1 aromatic heterocycles. The number of thioether (sulfide) groups is 1. The Kier molecular flexibility index (Phi) is 5.93. The van der Waals surface area contributed by atoms with E-state index in [4.69, 9.17) is 39.2 Å². The fraction of sp³-hybridized carbons (Fsp3) is 0.0476. The van der Waals surface area contributed by atoms with Crippen LogP contribution in [0.15, 0.2) is 57.9 Å². The summed E-state index contributed by atoms with van der Waals surface area (Å²) in [6.45, 7) is -0.0478. The van der Waals surface area contributed by atoms with E-state index in [-0.39, 0.29) is 16.5 Å². The molecule has 0 unspecified atom stereocenters. The lowest BCUT2D eigenvalue weighted by Crippen LogP contribution is -2.27. The molecule has 0 aliphatic carbocycles. The van der Waals surface area contributed by atoms with Gasteiger partial charge in [-0.15, -0.1) is 0 Å². The molecule has 0 atom stereocenters. The topological polar surface area (TPSA) is 50.5 Å². The van der Waals surface area contributed by atoms with E-state index in [2.05, 4.69) is 0 Å². The van der Waals surface area contributed by atoms with Gasteiger partial charge in [-0.05, 0) is 59.8 Å². The number of furan rings is 1. The molecule has 4 rings (SSSR count). The van der Waals surface area contributed by atoms with Crippen LogP contribution >= 0.6 is 46.6 Å². The average molecular weight is 483 g/mol. The zero-order valence-corrected chi connectivity index (χ0v) is 18.1.